The number of amides is 1. The summed E-state index contributed by atoms with van der Waals surface area (Å²) in [5.41, 5.74) is 7.94. The Morgan fingerprint density at radius 2 is 2.09 bits per heavy atom. The molecule has 1 heterocycles. The maximum atomic E-state index is 11.8. The number of hydrogen-bond acceptors (Lipinski definition) is 3. The minimum Gasteiger partial charge on any atom is -0.354 e. The summed E-state index contributed by atoms with van der Waals surface area (Å²) in [7, 11) is 0. The normalized spacial score (nSPS) is 12.0. The van der Waals surface area contributed by atoms with Crippen molar-refractivity contribution in [3.63, 3.8) is 0 Å². The second-order valence-electron chi connectivity index (χ2n) is 5.20. The number of fused-ring (bicyclic) bond motifs is 1. The molecule has 22 heavy (non-hydrogen) atoms. The first kappa shape index (κ1) is 18.5. The molecule has 1 aromatic heterocycles. The highest BCUT2D eigenvalue weighted by Gasteiger charge is 2.13. The molecular formula is C16H25ClN4O. The number of para-hydroxylation sites is 2. The first-order chi connectivity index (χ1) is 10.2. The fraction of sp³-hybridized carbons (Fsp3) is 0.500. The standard InChI is InChI=1S/C16H24N4O.ClH/c1-3-7-12(17)16(21)18-11-10-15-19-13-8-5-6-9-14(13)20(15)4-2;/h5-6,8-9,12H,3-4,7,10-11,17H2,1-2H3,(H,18,21);1H. The number of nitrogens with one attached hydrogen (secondary N) is 1. The molecule has 0 saturated carbocycles. The van der Waals surface area contributed by atoms with E-state index in [1.165, 1.54) is 0 Å². The van der Waals surface area contributed by atoms with Crippen molar-refractivity contribution >= 4 is 29.3 Å². The molecule has 5 nitrogen and oxygen atoms in total. The van der Waals surface area contributed by atoms with Gasteiger partial charge in [-0.05, 0) is 25.5 Å². The van der Waals surface area contributed by atoms with E-state index in [4.69, 9.17) is 5.73 Å². The van der Waals surface area contributed by atoms with Gasteiger partial charge >= 0.3 is 0 Å². The summed E-state index contributed by atoms with van der Waals surface area (Å²) in [6.45, 7) is 5.57. The lowest BCUT2D eigenvalue weighted by Gasteiger charge is -2.11. The van der Waals surface area contributed by atoms with E-state index in [0.717, 1.165) is 36.2 Å². The molecule has 3 N–H and O–H groups in total. The van der Waals surface area contributed by atoms with Crippen LogP contribution in [0.5, 0.6) is 0 Å². The summed E-state index contributed by atoms with van der Waals surface area (Å²) in [6, 6.07) is 7.70. The first-order valence-electron chi connectivity index (χ1n) is 7.64. The van der Waals surface area contributed by atoms with Crippen molar-refractivity contribution in [2.45, 2.75) is 45.7 Å². The predicted molar refractivity (Wildman–Crippen MR) is 92.3 cm³/mol. The first-order valence-corrected chi connectivity index (χ1v) is 7.64. The van der Waals surface area contributed by atoms with Gasteiger partial charge in [-0.15, -0.1) is 12.4 Å². The van der Waals surface area contributed by atoms with Crippen molar-refractivity contribution < 1.29 is 4.79 Å². The van der Waals surface area contributed by atoms with Crippen LogP contribution in [0.3, 0.4) is 0 Å². The molecule has 0 aliphatic heterocycles. The molecule has 2 aromatic rings. The number of carbonyl (C=O) groups excluding carboxylic acids is 1. The molecule has 0 aliphatic carbocycles. The number of carbonyl (C=O) groups is 1. The van der Waals surface area contributed by atoms with Crippen LogP contribution in [0.4, 0.5) is 0 Å². The van der Waals surface area contributed by atoms with Gasteiger partial charge in [-0.3, -0.25) is 4.79 Å². The Balaban J connectivity index is 0.00000242. The Bertz CT molecular complexity index is 611. The van der Waals surface area contributed by atoms with Crippen LogP contribution in [-0.2, 0) is 17.8 Å². The van der Waals surface area contributed by atoms with Gasteiger partial charge in [0.25, 0.3) is 0 Å². The Morgan fingerprint density at radius 3 is 2.77 bits per heavy atom. The van der Waals surface area contributed by atoms with Crippen LogP contribution < -0.4 is 11.1 Å². The minimum absolute atomic E-state index is 0. The number of nitrogens with zero attached hydrogens (tertiary/aromatic N) is 2. The number of rotatable bonds is 7. The molecule has 0 aliphatic rings. The Kier molecular flexibility index (Phi) is 7.35. The van der Waals surface area contributed by atoms with Crippen molar-refractivity contribution in [2.24, 2.45) is 5.73 Å². The van der Waals surface area contributed by atoms with E-state index in [0.29, 0.717) is 13.0 Å². The van der Waals surface area contributed by atoms with Crippen molar-refractivity contribution in [3.8, 4) is 0 Å². The van der Waals surface area contributed by atoms with Gasteiger partial charge in [-0.2, -0.15) is 0 Å². The van der Waals surface area contributed by atoms with Crippen LogP contribution in [0.1, 0.15) is 32.5 Å². The lowest BCUT2D eigenvalue weighted by molar-refractivity contribution is -0.122. The van der Waals surface area contributed by atoms with E-state index < -0.39 is 6.04 Å². The number of benzene rings is 1. The summed E-state index contributed by atoms with van der Waals surface area (Å²) in [6.07, 6.45) is 2.35. The molecule has 0 spiro atoms. The molecule has 0 radical (unpaired) electrons. The van der Waals surface area contributed by atoms with Gasteiger partial charge in [-0.25, -0.2) is 4.98 Å². The fourth-order valence-electron chi connectivity index (χ4n) is 2.54. The molecule has 122 valence electrons. The van der Waals surface area contributed by atoms with Crippen LogP contribution in [0, 0.1) is 0 Å². The average Bonchev–Trinajstić information content (AvgIpc) is 2.84. The summed E-state index contributed by atoms with van der Waals surface area (Å²) >= 11 is 0. The van der Waals surface area contributed by atoms with Crippen LogP contribution >= 0.6 is 12.4 Å². The van der Waals surface area contributed by atoms with Crippen molar-refractivity contribution in [1.29, 1.82) is 0 Å². The third-order valence-electron chi connectivity index (χ3n) is 3.63. The van der Waals surface area contributed by atoms with Crippen LogP contribution in [0.25, 0.3) is 11.0 Å². The number of aromatic nitrogens is 2. The SMILES string of the molecule is CCCC(N)C(=O)NCCc1nc2ccccc2n1CC.Cl. The zero-order valence-corrected chi connectivity index (χ0v) is 14.0. The molecule has 6 heteroatoms. The average molecular weight is 325 g/mol. The Hall–Kier alpha value is -1.59. The zero-order valence-electron chi connectivity index (χ0n) is 13.2. The Morgan fingerprint density at radius 1 is 1.36 bits per heavy atom. The van der Waals surface area contributed by atoms with E-state index in [2.05, 4.69) is 27.9 Å². The van der Waals surface area contributed by atoms with Gasteiger partial charge in [0.1, 0.15) is 5.82 Å². The Labute approximate surface area is 137 Å². The van der Waals surface area contributed by atoms with Gasteiger partial charge in [0, 0.05) is 19.5 Å². The van der Waals surface area contributed by atoms with Gasteiger partial charge in [0.2, 0.25) is 5.91 Å². The molecule has 1 unspecified atom stereocenters. The molecule has 0 bridgehead atoms. The van der Waals surface area contributed by atoms with Gasteiger partial charge < -0.3 is 15.6 Å². The molecule has 2 rings (SSSR count). The van der Waals surface area contributed by atoms with Gasteiger partial charge in [0.05, 0.1) is 17.1 Å². The highest BCUT2D eigenvalue weighted by Crippen LogP contribution is 2.15. The van der Waals surface area contributed by atoms with Gasteiger partial charge in [0.15, 0.2) is 0 Å². The van der Waals surface area contributed by atoms with Gasteiger partial charge in [-0.1, -0.05) is 25.5 Å². The maximum absolute atomic E-state index is 11.8. The highest BCUT2D eigenvalue weighted by molar-refractivity contribution is 5.85. The third-order valence-corrected chi connectivity index (χ3v) is 3.63. The topological polar surface area (TPSA) is 72.9 Å². The van der Waals surface area contributed by atoms with E-state index in [-0.39, 0.29) is 18.3 Å². The monoisotopic (exact) mass is 324 g/mol. The van der Waals surface area contributed by atoms with Crippen molar-refractivity contribution in [3.05, 3.63) is 30.1 Å². The predicted octanol–water partition coefficient (Wildman–Crippen LogP) is 2.26. The summed E-state index contributed by atoms with van der Waals surface area (Å²) in [5.74, 6) is 0.930. The highest BCUT2D eigenvalue weighted by atomic mass is 35.5. The van der Waals surface area contributed by atoms with E-state index in [9.17, 15) is 4.79 Å². The molecule has 0 fully saturated rings. The number of nitrogens with two attached hydrogens (primary N) is 1. The largest absolute Gasteiger partial charge is 0.354 e. The van der Waals surface area contributed by atoms with Crippen LogP contribution in [0.2, 0.25) is 0 Å². The van der Waals surface area contributed by atoms with E-state index in [1.807, 2.05) is 25.1 Å². The van der Waals surface area contributed by atoms with E-state index in [1.54, 1.807) is 0 Å². The van der Waals surface area contributed by atoms with Crippen LogP contribution in [0.15, 0.2) is 24.3 Å². The smallest absolute Gasteiger partial charge is 0.236 e. The van der Waals surface area contributed by atoms with Crippen molar-refractivity contribution in [1.82, 2.24) is 14.9 Å². The maximum Gasteiger partial charge on any atom is 0.236 e. The van der Waals surface area contributed by atoms with Crippen molar-refractivity contribution in [2.75, 3.05) is 6.54 Å². The minimum atomic E-state index is -0.403. The number of halogens is 1. The second-order valence-corrected chi connectivity index (χ2v) is 5.20. The van der Waals surface area contributed by atoms with E-state index >= 15 is 0 Å². The quantitative estimate of drug-likeness (QED) is 0.820. The third kappa shape index (κ3) is 4.21. The lowest BCUT2D eigenvalue weighted by atomic mass is 10.1. The molecule has 1 atom stereocenters. The molecule has 1 aromatic carbocycles. The number of hydrogen-bond donors (Lipinski definition) is 2. The number of aryl methyl sites for hydroxylation is 1. The summed E-state index contributed by atoms with van der Waals surface area (Å²) in [5, 5.41) is 2.89. The molecule has 0 saturated heterocycles. The van der Waals surface area contributed by atoms with Crippen LogP contribution in [-0.4, -0.2) is 28.0 Å². The lowest BCUT2D eigenvalue weighted by Crippen LogP contribution is -2.41. The zero-order chi connectivity index (χ0) is 15.2. The fourth-order valence-corrected chi connectivity index (χ4v) is 2.54. The number of imidazole rings is 1. The summed E-state index contributed by atoms with van der Waals surface area (Å²) < 4.78 is 2.19. The second kappa shape index (κ2) is 8.76. The summed E-state index contributed by atoms with van der Waals surface area (Å²) in [4.78, 5) is 16.4. The molecule has 1 amide bonds. The molecular weight excluding hydrogens is 300 g/mol.